The van der Waals surface area contributed by atoms with Crippen molar-refractivity contribution in [3.63, 3.8) is 0 Å². The highest BCUT2D eigenvalue weighted by Gasteiger charge is 2.24. The SMILES string of the molecule is Cc1cc(C)c(S(=O)(=O)Nc2cccc(NC(=O)CO)c2)c(C)c1NS(C)(=O)=O. The van der Waals surface area contributed by atoms with Gasteiger partial charge in [-0.1, -0.05) is 12.1 Å². The maximum atomic E-state index is 13.0. The summed E-state index contributed by atoms with van der Waals surface area (Å²) in [4.78, 5) is 11.3. The van der Waals surface area contributed by atoms with E-state index in [4.69, 9.17) is 5.11 Å². The summed E-state index contributed by atoms with van der Waals surface area (Å²) < 4.78 is 54.2. The van der Waals surface area contributed by atoms with Crippen LogP contribution in [0.3, 0.4) is 0 Å². The predicted molar refractivity (Wildman–Crippen MR) is 112 cm³/mol. The van der Waals surface area contributed by atoms with Crippen molar-refractivity contribution in [3.8, 4) is 0 Å². The molecule has 2 aromatic rings. The normalized spacial score (nSPS) is 11.8. The molecule has 0 aromatic heterocycles. The number of carbonyl (C=O) groups excluding carboxylic acids is 1. The molecule has 11 heteroatoms. The van der Waals surface area contributed by atoms with Crippen molar-refractivity contribution in [2.24, 2.45) is 0 Å². The van der Waals surface area contributed by atoms with Crippen LogP contribution in [0.2, 0.25) is 0 Å². The summed E-state index contributed by atoms with van der Waals surface area (Å²) in [5.41, 5.74) is 2.03. The summed E-state index contributed by atoms with van der Waals surface area (Å²) in [6.07, 6.45) is 0.990. The molecule has 2 aromatic carbocycles. The maximum Gasteiger partial charge on any atom is 0.262 e. The topological polar surface area (TPSA) is 142 Å². The van der Waals surface area contributed by atoms with Crippen LogP contribution in [-0.2, 0) is 24.8 Å². The minimum absolute atomic E-state index is 0.0425. The first-order chi connectivity index (χ1) is 13.3. The number of amides is 1. The summed E-state index contributed by atoms with van der Waals surface area (Å²) in [7, 11) is -7.67. The number of nitrogens with one attached hydrogen (secondary N) is 3. The Balaban J connectivity index is 2.48. The standard InChI is InChI=1S/C18H23N3O6S2/c1-11-8-12(2)18(13(3)17(11)21-28(4,24)25)29(26,27)20-15-7-5-6-14(9-15)19-16(23)10-22/h5-9,20-22H,10H2,1-4H3,(H,19,23). The third-order valence-electron chi connectivity index (χ3n) is 4.00. The minimum Gasteiger partial charge on any atom is -0.387 e. The summed E-state index contributed by atoms with van der Waals surface area (Å²) >= 11 is 0. The lowest BCUT2D eigenvalue weighted by atomic mass is 10.1. The van der Waals surface area contributed by atoms with Crippen LogP contribution in [0.15, 0.2) is 35.2 Å². The molecule has 0 radical (unpaired) electrons. The number of hydrogen-bond donors (Lipinski definition) is 4. The molecule has 0 bridgehead atoms. The van der Waals surface area contributed by atoms with Gasteiger partial charge < -0.3 is 10.4 Å². The molecule has 0 heterocycles. The van der Waals surface area contributed by atoms with Crippen LogP contribution in [-0.4, -0.2) is 40.7 Å². The number of benzene rings is 2. The molecule has 0 unspecified atom stereocenters. The fraction of sp³-hybridized carbons (Fsp3) is 0.278. The van der Waals surface area contributed by atoms with Crippen LogP contribution in [0, 0.1) is 20.8 Å². The lowest BCUT2D eigenvalue weighted by Gasteiger charge is -2.19. The highest BCUT2D eigenvalue weighted by atomic mass is 32.2. The predicted octanol–water partition coefficient (Wildman–Crippen LogP) is 1.71. The first-order valence-corrected chi connectivity index (χ1v) is 11.8. The molecule has 0 aliphatic carbocycles. The van der Waals surface area contributed by atoms with Gasteiger partial charge in [-0.3, -0.25) is 14.2 Å². The van der Waals surface area contributed by atoms with E-state index in [1.165, 1.54) is 25.1 Å². The average molecular weight is 442 g/mol. The van der Waals surface area contributed by atoms with Gasteiger partial charge in [0.25, 0.3) is 10.0 Å². The van der Waals surface area contributed by atoms with Gasteiger partial charge in [-0.05, 0) is 55.7 Å². The van der Waals surface area contributed by atoms with E-state index in [-0.39, 0.29) is 21.8 Å². The zero-order valence-corrected chi connectivity index (χ0v) is 18.0. The van der Waals surface area contributed by atoms with Gasteiger partial charge >= 0.3 is 0 Å². The average Bonchev–Trinajstić information content (AvgIpc) is 2.57. The first-order valence-electron chi connectivity index (χ1n) is 8.46. The lowest BCUT2D eigenvalue weighted by Crippen LogP contribution is -2.19. The molecule has 0 aliphatic rings. The molecule has 4 N–H and O–H groups in total. The number of rotatable bonds is 7. The first kappa shape index (κ1) is 22.7. The van der Waals surface area contributed by atoms with Crippen LogP contribution in [0.1, 0.15) is 16.7 Å². The zero-order chi connectivity index (χ0) is 22.0. The van der Waals surface area contributed by atoms with E-state index < -0.39 is 32.6 Å². The number of sulfonamides is 2. The number of carbonyl (C=O) groups is 1. The molecule has 9 nitrogen and oxygen atoms in total. The number of anilines is 3. The van der Waals surface area contributed by atoms with E-state index >= 15 is 0 Å². The second-order valence-corrected chi connectivity index (χ2v) is 9.97. The third kappa shape index (κ3) is 5.68. The number of hydrogen-bond acceptors (Lipinski definition) is 6. The summed E-state index contributed by atoms with van der Waals surface area (Å²) in [5, 5.41) is 11.2. The molecule has 29 heavy (non-hydrogen) atoms. The van der Waals surface area contributed by atoms with Gasteiger partial charge in [0.05, 0.1) is 22.5 Å². The number of aliphatic hydroxyl groups is 1. The van der Waals surface area contributed by atoms with Crippen molar-refractivity contribution >= 4 is 43.0 Å². The van der Waals surface area contributed by atoms with E-state index in [1.807, 2.05) is 0 Å². The molecule has 0 spiro atoms. The van der Waals surface area contributed by atoms with Crippen molar-refractivity contribution in [1.82, 2.24) is 0 Å². The van der Waals surface area contributed by atoms with Crippen molar-refractivity contribution in [2.45, 2.75) is 25.7 Å². The van der Waals surface area contributed by atoms with Gasteiger partial charge in [0.15, 0.2) is 0 Å². The van der Waals surface area contributed by atoms with Crippen molar-refractivity contribution in [2.75, 3.05) is 27.6 Å². The summed E-state index contributed by atoms with van der Waals surface area (Å²) in [6, 6.07) is 7.57. The Hall–Kier alpha value is -2.63. The highest BCUT2D eigenvalue weighted by molar-refractivity contribution is 7.93. The minimum atomic E-state index is -4.07. The molecular weight excluding hydrogens is 418 g/mol. The van der Waals surface area contributed by atoms with Gasteiger partial charge in [0, 0.05) is 5.69 Å². The van der Waals surface area contributed by atoms with E-state index in [0.717, 1.165) is 6.26 Å². The second-order valence-electron chi connectivity index (χ2n) is 6.61. The summed E-state index contributed by atoms with van der Waals surface area (Å²) in [6.45, 7) is 4.13. The van der Waals surface area contributed by atoms with Gasteiger partial charge in [0.1, 0.15) is 6.61 Å². The van der Waals surface area contributed by atoms with Crippen molar-refractivity contribution in [3.05, 3.63) is 47.0 Å². The zero-order valence-electron chi connectivity index (χ0n) is 16.4. The summed E-state index contributed by atoms with van der Waals surface area (Å²) in [5.74, 6) is -0.633. The molecule has 158 valence electrons. The second kappa shape index (κ2) is 8.39. The molecule has 0 saturated carbocycles. The van der Waals surface area contributed by atoms with Gasteiger partial charge in [-0.15, -0.1) is 0 Å². The Labute approximate surface area is 170 Å². The monoisotopic (exact) mass is 441 g/mol. The number of aliphatic hydroxyl groups excluding tert-OH is 1. The lowest BCUT2D eigenvalue weighted by molar-refractivity contribution is -0.118. The van der Waals surface area contributed by atoms with Crippen LogP contribution < -0.4 is 14.8 Å². The molecule has 0 fully saturated rings. The van der Waals surface area contributed by atoms with E-state index in [2.05, 4.69) is 14.8 Å². The smallest absolute Gasteiger partial charge is 0.262 e. The fourth-order valence-electron chi connectivity index (χ4n) is 2.99. The van der Waals surface area contributed by atoms with E-state index in [1.54, 1.807) is 26.0 Å². The Morgan fingerprint density at radius 3 is 2.17 bits per heavy atom. The van der Waals surface area contributed by atoms with Crippen LogP contribution in [0.25, 0.3) is 0 Å². The van der Waals surface area contributed by atoms with Gasteiger partial charge in [-0.2, -0.15) is 0 Å². The highest BCUT2D eigenvalue weighted by Crippen LogP contribution is 2.32. The fourth-order valence-corrected chi connectivity index (χ4v) is 5.20. The van der Waals surface area contributed by atoms with Crippen molar-refractivity contribution < 1.29 is 26.7 Å². The van der Waals surface area contributed by atoms with Crippen molar-refractivity contribution in [1.29, 1.82) is 0 Å². The maximum absolute atomic E-state index is 13.0. The molecule has 0 saturated heterocycles. The molecule has 1 amide bonds. The third-order valence-corrected chi connectivity index (χ3v) is 6.24. The molecule has 0 aliphatic heterocycles. The van der Waals surface area contributed by atoms with Gasteiger partial charge in [-0.25, -0.2) is 16.8 Å². The Kier molecular flexibility index (Phi) is 6.56. The van der Waals surface area contributed by atoms with E-state index in [0.29, 0.717) is 16.8 Å². The Morgan fingerprint density at radius 2 is 1.59 bits per heavy atom. The largest absolute Gasteiger partial charge is 0.387 e. The molecule has 0 atom stereocenters. The van der Waals surface area contributed by atoms with E-state index in [9.17, 15) is 21.6 Å². The van der Waals surface area contributed by atoms with Crippen LogP contribution in [0.4, 0.5) is 17.1 Å². The number of aryl methyl sites for hydroxylation is 2. The van der Waals surface area contributed by atoms with Crippen LogP contribution >= 0.6 is 0 Å². The van der Waals surface area contributed by atoms with Gasteiger partial charge in [0.2, 0.25) is 15.9 Å². The molecule has 2 rings (SSSR count). The van der Waals surface area contributed by atoms with Crippen LogP contribution in [0.5, 0.6) is 0 Å². The Morgan fingerprint density at radius 1 is 0.966 bits per heavy atom. The molecular formula is C18H23N3O6S2. The quantitative estimate of drug-likeness (QED) is 0.515. The Bertz CT molecular complexity index is 1160.